The first-order chi connectivity index (χ1) is 5.10. The topological polar surface area (TPSA) is 34.1 Å². The number of carbonyl (C=O) groups is 2. The first kappa shape index (κ1) is 8.18. The number of hydrogen-bond acceptors (Lipinski definition) is 2. The lowest BCUT2D eigenvalue weighted by molar-refractivity contribution is -0.138. The highest BCUT2D eigenvalue weighted by molar-refractivity contribution is 6.41. The number of rotatable bonds is 2. The van der Waals surface area contributed by atoms with Crippen molar-refractivity contribution in [3.8, 4) is 0 Å². The molecule has 0 amide bonds. The third kappa shape index (κ3) is 1.25. The van der Waals surface area contributed by atoms with Gasteiger partial charge >= 0.3 is 0 Å². The van der Waals surface area contributed by atoms with Crippen molar-refractivity contribution in [1.82, 2.24) is 0 Å². The second-order valence-corrected chi connectivity index (χ2v) is 3.31. The van der Waals surface area contributed by atoms with Gasteiger partial charge in [-0.15, -0.1) is 6.58 Å². The van der Waals surface area contributed by atoms with Crippen molar-refractivity contribution < 1.29 is 9.59 Å². The van der Waals surface area contributed by atoms with Gasteiger partial charge in [-0.1, -0.05) is 13.0 Å². The van der Waals surface area contributed by atoms with Crippen LogP contribution in [-0.2, 0) is 9.59 Å². The Bertz CT molecular complexity index is 218. The van der Waals surface area contributed by atoms with Gasteiger partial charge in [0.15, 0.2) is 5.78 Å². The molecule has 0 radical (unpaired) electrons. The van der Waals surface area contributed by atoms with Crippen LogP contribution in [-0.4, -0.2) is 11.6 Å². The second kappa shape index (κ2) is 2.61. The first-order valence-corrected chi connectivity index (χ1v) is 3.79. The van der Waals surface area contributed by atoms with Gasteiger partial charge in [-0.2, -0.15) is 0 Å². The van der Waals surface area contributed by atoms with E-state index in [1.807, 2.05) is 6.92 Å². The minimum atomic E-state index is -0.432. The summed E-state index contributed by atoms with van der Waals surface area (Å²) in [6.07, 6.45) is 3.44. The molecule has 0 aromatic heterocycles. The Morgan fingerprint density at radius 3 is 2.64 bits per heavy atom. The minimum Gasteiger partial charge on any atom is -0.291 e. The summed E-state index contributed by atoms with van der Waals surface area (Å²) in [5.74, 6) is -0.424. The predicted octanol–water partition coefficient (Wildman–Crippen LogP) is 1.50. The highest BCUT2D eigenvalue weighted by Crippen LogP contribution is 2.35. The van der Waals surface area contributed by atoms with Crippen LogP contribution < -0.4 is 0 Å². The Labute approximate surface area is 66.3 Å². The lowest BCUT2D eigenvalue weighted by Crippen LogP contribution is -2.24. The van der Waals surface area contributed by atoms with E-state index in [0.29, 0.717) is 19.3 Å². The van der Waals surface area contributed by atoms with E-state index in [0.717, 1.165) is 0 Å². The maximum Gasteiger partial charge on any atom is 0.204 e. The molecule has 0 aliphatic heterocycles. The normalized spacial score (nSPS) is 31.0. The highest BCUT2D eigenvalue weighted by atomic mass is 16.2. The number of Topliss-reactive ketones (excluding diaryl/α,β-unsaturated/α-hetero) is 2. The van der Waals surface area contributed by atoms with E-state index >= 15 is 0 Å². The fourth-order valence-electron chi connectivity index (χ4n) is 1.47. The van der Waals surface area contributed by atoms with Gasteiger partial charge in [0.25, 0.3) is 0 Å². The SMILES string of the molecule is C=CCC1(C)CCC(=O)C1=O. The van der Waals surface area contributed by atoms with Crippen LogP contribution in [0.4, 0.5) is 0 Å². The van der Waals surface area contributed by atoms with Gasteiger partial charge in [0.1, 0.15) is 0 Å². The van der Waals surface area contributed by atoms with E-state index in [-0.39, 0.29) is 11.6 Å². The smallest absolute Gasteiger partial charge is 0.204 e. The maximum absolute atomic E-state index is 11.2. The van der Waals surface area contributed by atoms with Gasteiger partial charge < -0.3 is 0 Å². The molecule has 0 bridgehead atoms. The number of hydrogen-bond donors (Lipinski definition) is 0. The van der Waals surface area contributed by atoms with Gasteiger partial charge in [0.05, 0.1) is 0 Å². The zero-order valence-corrected chi connectivity index (χ0v) is 6.72. The summed E-state index contributed by atoms with van der Waals surface area (Å²) >= 11 is 0. The second-order valence-electron chi connectivity index (χ2n) is 3.31. The predicted molar refractivity (Wildman–Crippen MR) is 42.2 cm³/mol. The molecule has 2 heteroatoms. The van der Waals surface area contributed by atoms with E-state index < -0.39 is 5.41 Å². The summed E-state index contributed by atoms with van der Waals surface area (Å²) in [6.45, 7) is 5.40. The molecule has 60 valence electrons. The van der Waals surface area contributed by atoms with Crippen LogP contribution in [0.1, 0.15) is 26.2 Å². The number of carbonyl (C=O) groups excluding carboxylic acids is 2. The summed E-state index contributed by atoms with van der Waals surface area (Å²) in [5.41, 5.74) is -0.432. The summed E-state index contributed by atoms with van der Waals surface area (Å²) in [7, 11) is 0. The molecule has 0 N–H and O–H groups in total. The molecule has 0 aromatic rings. The fraction of sp³-hybridized carbons (Fsp3) is 0.556. The maximum atomic E-state index is 11.2. The van der Waals surface area contributed by atoms with Crippen LogP contribution in [0.15, 0.2) is 12.7 Å². The van der Waals surface area contributed by atoms with Crippen molar-refractivity contribution in [1.29, 1.82) is 0 Å². The Morgan fingerprint density at radius 1 is 1.64 bits per heavy atom. The minimum absolute atomic E-state index is 0.211. The van der Waals surface area contributed by atoms with Gasteiger partial charge in [-0.25, -0.2) is 0 Å². The molecule has 1 unspecified atom stereocenters. The van der Waals surface area contributed by atoms with Crippen molar-refractivity contribution in [3.05, 3.63) is 12.7 Å². The summed E-state index contributed by atoms with van der Waals surface area (Å²) < 4.78 is 0. The molecule has 1 aliphatic rings. The average Bonchev–Trinajstić information content (AvgIpc) is 2.19. The fourth-order valence-corrected chi connectivity index (χ4v) is 1.47. The molecule has 11 heavy (non-hydrogen) atoms. The van der Waals surface area contributed by atoms with Crippen LogP contribution in [0.3, 0.4) is 0 Å². The van der Waals surface area contributed by atoms with E-state index in [1.54, 1.807) is 6.08 Å². The van der Waals surface area contributed by atoms with Crippen molar-refractivity contribution in [2.75, 3.05) is 0 Å². The molecule has 1 aliphatic carbocycles. The molecule has 0 spiro atoms. The quantitative estimate of drug-likeness (QED) is 0.444. The third-order valence-corrected chi connectivity index (χ3v) is 2.30. The third-order valence-electron chi connectivity index (χ3n) is 2.30. The van der Waals surface area contributed by atoms with Crippen LogP contribution >= 0.6 is 0 Å². The Kier molecular flexibility index (Phi) is 1.94. The van der Waals surface area contributed by atoms with Crippen LogP contribution in [0, 0.1) is 5.41 Å². The van der Waals surface area contributed by atoms with Crippen LogP contribution in [0.25, 0.3) is 0 Å². The van der Waals surface area contributed by atoms with Crippen LogP contribution in [0.5, 0.6) is 0 Å². The summed E-state index contributed by atoms with van der Waals surface area (Å²) in [6, 6.07) is 0. The zero-order chi connectivity index (χ0) is 8.48. The monoisotopic (exact) mass is 152 g/mol. The molecular weight excluding hydrogens is 140 g/mol. The van der Waals surface area contributed by atoms with Crippen molar-refractivity contribution in [2.45, 2.75) is 26.2 Å². The highest BCUT2D eigenvalue weighted by Gasteiger charge is 2.42. The molecule has 1 atom stereocenters. The number of ketones is 2. The summed E-state index contributed by atoms with van der Waals surface area (Å²) in [4.78, 5) is 22.1. The van der Waals surface area contributed by atoms with E-state index in [9.17, 15) is 9.59 Å². The molecule has 1 saturated carbocycles. The first-order valence-electron chi connectivity index (χ1n) is 3.79. The molecule has 0 aromatic carbocycles. The van der Waals surface area contributed by atoms with Crippen LogP contribution in [0.2, 0.25) is 0 Å². The van der Waals surface area contributed by atoms with E-state index in [1.165, 1.54) is 0 Å². The largest absolute Gasteiger partial charge is 0.291 e. The van der Waals surface area contributed by atoms with Gasteiger partial charge in [-0.05, 0) is 12.8 Å². The Hall–Kier alpha value is -0.920. The van der Waals surface area contributed by atoms with E-state index in [2.05, 4.69) is 6.58 Å². The number of allylic oxidation sites excluding steroid dienone is 1. The molecule has 1 rings (SSSR count). The van der Waals surface area contributed by atoms with Crippen molar-refractivity contribution in [2.24, 2.45) is 5.41 Å². The zero-order valence-electron chi connectivity index (χ0n) is 6.72. The molecule has 0 heterocycles. The van der Waals surface area contributed by atoms with Gasteiger partial charge in [0.2, 0.25) is 5.78 Å². The molecule has 1 fully saturated rings. The van der Waals surface area contributed by atoms with E-state index in [4.69, 9.17) is 0 Å². The van der Waals surface area contributed by atoms with Gasteiger partial charge in [-0.3, -0.25) is 9.59 Å². The Balaban J connectivity index is 2.80. The molecular formula is C9H12O2. The van der Waals surface area contributed by atoms with Crippen molar-refractivity contribution in [3.63, 3.8) is 0 Å². The molecule has 2 nitrogen and oxygen atoms in total. The lowest BCUT2D eigenvalue weighted by Gasteiger charge is -2.17. The Morgan fingerprint density at radius 2 is 2.27 bits per heavy atom. The lowest BCUT2D eigenvalue weighted by atomic mass is 9.84. The average molecular weight is 152 g/mol. The summed E-state index contributed by atoms with van der Waals surface area (Å²) in [5, 5.41) is 0. The standard InChI is InChI=1S/C9H12O2/c1-3-5-9(2)6-4-7(10)8(9)11/h3H,1,4-6H2,2H3. The van der Waals surface area contributed by atoms with Crippen molar-refractivity contribution >= 4 is 11.6 Å². The van der Waals surface area contributed by atoms with Gasteiger partial charge in [0, 0.05) is 11.8 Å². The molecule has 0 saturated heterocycles.